The van der Waals surface area contributed by atoms with Gasteiger partial charge in [-0.15, -0.1) is 5.10 Å². The van der Waals surface area contributed by atoms with E-state index in [1.807, 2.05) is 12.1 Å². The van der Waals surface area contributed by atoms with E-state index in [4.69, 9.17) is 4.74 Å². The Hall–Kier alpha value is -1.16. The highest BCUT2D eigenvalue weighted by molar-refractivity contribution is 5.14. The Labute approximate surface area is 117 Å². The fraction of sp³-hybridized carbons (Fsp3) is 0.733. The number of nitrogens with zero attached hydrogens (tertiary/aromatic N) is 2. The summed E-state index contributed by atoms with van der Waals surface area (Å²) in [6.07, 6.45) is 7.38. The molecule has 0 amide bonds. The molecule has 1 N–H and O–H groups in total. The second-order valence-corrected chi connectivity index (χ2v) is 4.86. The van der Waals surface area contributed by atoms with E-state index in [2.05, 4.69) is 29.4 Å². The van der Waals surface area contributed by atoms with Crippen LogP contribution < -0.4 is 10.1 Å². The largest absolute Gasteiger partial charge is 0.480 e. The fourth-order valence-corrected chi connectivity index (χ4v) is 2.07. The fourth-order valence-electron chi connectivity index (χ4n) is 2.07. The van der Waals surface area contributed by atoms with Gasteiger partial charge in [-0.3, -0.25) is 0 Å². The monoisotopic (exact) mass is 265 g/mol. The minimum atomic E-state index is 0.315. The van der Waals surface area contributed by atoms with E-state index in [1.165, 1.54) is 25.7 Å². The molecule has 0 aromatic carbocycles. The Morgan fingerprint density at radius 2 is 1.95 bits per heavy atom. The van der Waals surface area contributed by atoms with E-state index in [-0.39, 0.29) is 0 Å². The second-order valence-electron chi connectivity index (χ2n) is 4.86. The van der Waals surface area contributed by atoms with Crippen LogP contribution in [0.1, 0.15) is 64.1 Å². The van der Waals surface area contributed by atoms with Crippen molar-refractivity contribution in [2.45, 2.75) is 58.4 Å². The molecule has 1 aromatic rings. The SMILES string of the molecule is CCCCCCC(NCCC)c1ccc(OC)nn1. The Bertz CT molecular complexity index is 327. The van der Waals surface area contributed by atoms with Crippen LogP contribution in [0.3, 0.4) is 0 Å². The number of ether oxygens (including phenoxy) is 1. The smallest absolute Gasteiger partial charge is 0.233 e. The zero-order chi connectivity index (χ0) is 13.9. The molecule has 0 saturated carbocycles. The number of unbranched alkanes of at least 4 members (excludes halogenated alkanes) is 3. The summed E-state index contributed by atoms with van der Waals surface area (Å²) >= 11 is 0. The molecule has 0 aliphatic rings. The summed E-state index contributed by atoms with van der Waals surface area (Å²) < 4.78 is 5.05. The van der Waals surface area contributed by atoms with Gasteiger partial charge in [0.15, 0.2) is 0 Å². The minimum Gasteiger partial charge on any atom is -0.480 e. The summed E-state index contributed by atoms with van der Waals surface area (Å²) in [6, 6.07) is 4.21. The van der Waals surface area contributed by atoms with Crippen molar-refractivity contribution >= 4 is 0 Å². The maximum Gasteiger partial charge on any atom is 0.233 e. The molecule has 1 rings (SSSR count). The highest BCUT2D eigenvalue weighted by Gasteiger charge is 2.12. The van der Waals surface area contributed by atoms with Crippen LogP contribution in [-0.2, 0) is 0 Å². The van der Waals surface area contributed by atoms with Crippen molar-refractivity contribution in [3.63, 3.8) is 0 Å². The van der Waals surface area contributed by atoms with Crippen molar-refractivity contribution in [2.75, 3.05) is 13.7 Å². The third-order valence-corrected chi connectivity index (χ3v) is 3.21. The third-order valence-electron chi connectivity index (χ3n) is 3.21. The van der Waals surface area contributed by atoms with Gasteiger partial charge in [0, 0.05) is 6.07 Å². The van der Waals surface area contributed by atoms with Crippen LogP contribution in [0, 0.1) is 0 Å². The van der Waals surface area contributed by atoms with Crippen molar-refractivity contribution in [3.8, 4) is 5.88 Å². The predicted octanol–water partition coefficient (Wildman–Crippen LogP) is 3.50. The molecule has 0 aliphatic carbocycles. The van der Waals surface area contributed by atoms with Crippen LogP contribution in [0.4, 0.5) is 0 Å². The standard InChI is InChI=1S/C15H27N3O/c1-4-6-7-8-9-13(16-12-5-2)14-10-11-15(19-3)18-17-14/h10-11,13,16H,4-9,12H2,1-3H3. The molecule has 0 fully saturated rings. The molecule has 0 bridgehead atoms. The Morgan fingerprint density at radius 3 is 2.53 bits per heavy atom. The molecule has 4 nitrogen and oxygen atoms in total. The molecule has 0 aliphatic heterocycles. The van der Waals surface area contributed by atoms with E-state index >= 15 is 0 Å². The molecule has 1 heterocycles. The molecular weight excluding hydrogens is 238 g/mol. The van der Waals surface area contributed by atoms with Gasteiger partial charge in [-0.25, -0.2) is 0 Å². The zero-order valence-electron chi connectivity index (χ0n) is 12.5. The van der Waals surface area contributed by atoms with Crippen LogP contribution in [0.5, 0.6) is 5.88 Å². The molecular formula is C15H27N3O. The summed E-state index contributed by atoms with van der Waals surface area (Å²) in [4.78, 5) is 0. The Balaban J connectivity index is 2.55. The number of rotatable bonds is 10. The molecule has 0 spiro atoms. The second kappa shape index (κ2) is 9.73. The zero-order valence-corrected chi connectivity index (χ0v) is 12.5. The van der Waals surface area contributed by atoms with Crippen LogP contribution >= 0.6 is 0 Å². The first-order chi connectivity index (χ1) is 9.31. The summed E-state index contributed by atoms with van der Waals surface area (Å²) in [6.45, 7) is 5.44. The maximum absolute atomic E-state index is 5.05. The van der Waals surface area contributed by atoms with Crippen molar-refractivity contribution < 1.29 is 4.74 Å². The molecule has 1 unspecified atom stereocenters. The quantitative estimate of drug-likeness (QED) is 0.658. The molecule has 0 saturated heterocycles. The van der Waals surface area contributed by atoms with Gasteiger partial charge in [0.05, 0.1) is 18.8 Å². The predicted molar refractivity (Wildman–Crippen MR) is 78.4 cm³/mol. The molecule has 1 atom stereocenters. The lowest BCUT2D eigenvalue weighted by Crippen LogP contribution is -2.23. The summed E-state index contributed by atoms with van der Waals surface area (Å²) in [7, 11) is 1.61. The van der Waals surface area contributed by atoms with Gasteiger partial charge >= 0.3 is 0 Å². The van der Waals surface area contributed by atoms with Crippen LogP contribution in [-0.4, -0.2) is 23.9 Å². The number of methoxy groups -OCH3 is 1. The molecule has 1 aromatic heterocycles. The third kappa shape index (κ3) is 6.01. The highest BCUT2D eigenvalue weighted by Crippen LogP contribution is 2.19. The average molecular weight is 265 g/mol. The van der Waals surface area contributed by atoms with Gasteiger partial charge in [0.1, 0.15) is 0 Å². The van der Waals surface area contributed by atoms with E-state index in [0.29, 0.717) is 11.9 Å². The van der Waals surface area contributed by atoms with Gasteiger partial charge in [-0.1, -0.05) is 39.5 Å². The van der Waals surface area contributed by atoms with Gasteiger partial charge in [0.25, 0.3) is 0 Å². The van der Waals surface area contributed by atoms with Crippen molar-refractivity contribution in [2.24, 2.45) is 0 Å². The van der Waals surface area contributed by atoms with E-state index < -0.39 is 0 Å². The maximum atomic E-state index is 5.05. The normalized spacial score (nSPS) is 12.4. The van der Waals surface area contributed by atoms with Gasteiger partial charge in [0.2, 0.25) is 5.88 Å². The van der Waals surface area contributed by atoms with E-state index in [0.717, 1.165) is 25.1 Å². The number of hydrogen-bond donors (Lipinski definition) is 1. The van der Waals surface area contributed by atoms with E-state index in [9.17, 15) is 0 Å². The highest BCUT2D eigenvalue weighted by atomic mass is 16.5. The van der Waals surface area contributed by atoms with Crippen molar-refractivity contribution in [3.05, 3.63) is 17.8 Å². The number of hydrogen-bond acceptors (Lipinski definition) is 4. The van der Waals surface area contributed by atoms with Crippen LogP contribution in [0.25, 0.3) is 0 Å². The summed E-state index contributed by atoms with van der Waals surface area (Å²) in [5.74, 6) is 0.573. The molecule has 0 radical (unpaired) electrons. The number of nitrogens with one attached hydrogen (secondary N) is 1. The van der Waals surface area contributed by atoms with Crippen molar-refractivity contribution in [1.29, 1.82) is 0 Å². The molecule has 19 heavy (non-hydrogen) atoms. The lowest BCUT2D eigenvalue weighted by molar-refractivity contribution is 0.387. The van der Waals surface area contributed by atoms with Crippen LogP contribution in [0.2, 0.25) is 0 Å². The van der Waals surface area contributed by atoms with Crippen molar-refractivity contribution in [1.82, 2.24) is 15.5 Å². The summed E-state index contributed by atoms with van der Waals surface area (Å²) in [5, 5.41) is 11.9. The first-order valence-corrected chi connectivity index (χ1v) is 7.42. The number of aromatic nitrogens is 2. The van der Waals surface area contributed by atoms with Crippen LogP contribution in [0.15, 0.2) is 12.1 Å². The lowest BCUT2D eigenvalue weighted by Gasteiger charge is -2.17. The lowest BCUT2D eigenvalue weighted by atomic mass is 10.0. The van der Waals surface area contributed by atoms with E-state index in [1.54, 1.807) is 7.11 Å². The first kappa shape index (κ1) is 15.9. The Kier molecular flexibility index (Phi) is 8.14. The summed E-state index contributed by atoms with van der Waals surface area (Å²) in [5.41, 5.74) is 1.02. The van der Waals surface area contributed by atoms with Gasteiger partial charge in [-0.2, -0.15) is 5.10 Å². The first-order valence-electron chi connectivity index (χ1n) is 7.42. The van der Waals surface area contributed by atoms with Gasteiger partial charge in [-0.05, 0) is 25.5 Å². The minimum absolute atomic E-state index is 0.315. The average Bonchev–Trinajstić information content (AvgIpc) is 2.47. The molecule has 4 heteroatoms. The Morgan fingerprint density at radius 1 is 1.11 bits per heavy atom. The van der Waals surface area contributed by atoms with Gasteiger partial charge < -0.3 is 10.1 Å². The topological polar surface area (TPSA) is 47.0 Å². The molecule has 108 valence electrons.